The highest BCUT2D eigenvalue weighted by molar-refractivity contribution is 7.89. The number of anilines is 1. The molecule has 0 aliphatic carbocycles. The van der Waals surface area contributed by atoms with Crippen LogP contribution in [0.4, 0.5) is 10.1 Å². The van der Waals surface area contributed by atoms with Gasteiger partial charge < -0.3 is 5.32 Å². The molecule has 2 aromatic carbocycles. The molecule has 0 saturated carbocycles. The standard InChI is InChI=1S/C13H12ClFN2O2S/c14-10-4-3-5-11(15)9(10)8-17-12-6-1-2-7-13(12)20(16,18)19/h1-7,17H,8H2,(H2,16,18,19). The van der Waals surface area contributed by atoms with Crippen molar-refractivity contribution in [3.8, 4) is 0 Å². The van der Waals surface area contributed by atoms with Crippen molar-refractivity contribution in [3.05, 3.63) is 58.9 Å². The van der Waals surface area contributed by atoms with Crippen LogP contribution < -0.4 is 10.5 Å². The van der Waals surface area contributed by atoms with Crippen LogP contribution in [0.5, 0.6) is 0 Å². The molecule has 0 fully saturated rings. The molecule has 0 heterocycles. The quantitative estimate of drug-likeness (QED) is 0.911. The molecular formula is C13H12ClFN2O2S. The molecule has 0 saturated heterocycles. The number of primary sulfonamides is 1. The molecule has 106 valence electrons. The molecule has 0 amide bonds. The minimum atomic E-state index is -3.85. The van der Waals surface area contributed by atoms with E-state index in [4.69, 9.17) is 16.7 Å². The van der Waals surface area contributed by atoms with E-state index >= 15 is 0 Å². The summed E-state index contributed by atoms with van der Waals surface area (Å²) in [6, 6.07) is 10.5. The third-order valence-corrected chi connectivity index (χ3v) is 4.03. The monoisotopic (exact) mass is 314 g/mol. The Morgan fingerprint density at radius 3 is 2.50 bits per heavy atom. The van der Waals surface area contributed by atoms with Gasteiger partial charge in [-0.1, -0.05) is 29.8 Å². The molecule has 0 aliphatic heterocycles. The van der Waals surface area contributed by atoms with Crippen LogP contribution in [-0.2, 0) is 16.6 Å². The fraction of sp³-hybridized carbons (Fsp3) is 0.0769. The Labute approximate surface area is 121 Å². The molecule has 4 nitrogen and oxygen atoms in total. The molecule has 0 aliphatic rings. The summed E-state index contributed by atoms with van der Waals surface area (Å²) in [6.07, 6.45) is 0. The molecule has 0 aromatic heterocycles. The average molecular weight is 315 g/mol. The number of nitrogens with one attached hydrogen (secondary N) is 1. The highest BCUT2D eigenvalue weighted by Crippen LogP contribution is 2.23. The van der Waals surface area contributed by atoms with Gasteiger partial charge in [0.15, 0.2) is 0 Å². The van der Waals surface area contributed by atoms with E-state index in [0.29, 0.717) is 5.69 Å². The second-order valence-corrected chi connectivity index (χ2v) is 6.03. The van der Waals surface area contributed by atoms with E-state index < -0.39 is 15.8 Å². The van der Waals surface area contributed by atoms with Crippen LogP contribution in [-0.4, -0.2) is 8.42 Å². The number of nitrogens with two attached hydrogens (primary N) is 1. The minimum Gasteiger partial charge on any atom is -0.380 e. The van der Waals surface area contributed by atoms with Gasteiger partial charge in [0.1, 0.15) is 10.7 Å². The summed E-state index contributed by atoms with van der Waals surface area (Å²) >= 11 is 5.90. The fourth-order valence-electron chi connectivity index (χ4n) is 1.75. The first-order valence-electron chi connectivity index (χ1n) is 5.68. The maximum atomic E-state index is 13.6. The van der Waals surface area contributed by atoms with E-state index in [1.807, 2.05) is 0 Å². The molecule has 2 rings (SSSR count). The minimum absolute atomic E-state index is 0.0486. The molecule has 0 radical (unpaired) electrons. The summed E-state index contributed by atoms with van der Waals surface area (Å²) in [5.41, 5.74) is 0.563. The lowest BCUT2D eigenvalue weighted by molar-refractivity contribution is 0.598. The van der Waals surface area contributed by atoms with E-state index in [-0.39, 0.29) is 22.0 Å². The van der Waals surface area contributed by atoms with Gasteiger partial charge in [0, 0.05) is 17.1 Å². The van der Waals surface area contributed by atoms with Gasteiger partial charge in [0.05, 0.1) is 5.69 Å². The van der Waals surface area contributed by atoms with Crippen molar-refractivity contribution in [2.24, 2.45) is 5.14 Å². The van der Waals surface area contributed by atoms with E-state index in [1.165, 1.54) is 18.2 Å². The first-order valence-corrected chi connectivity index (χ1v) is 7.60. The van der Waals surface area contributed by atoms with Crippen molar-refractivity contribution in [3.63, 3.8) is 0 Å². The Hall–Kier alpha value is -1.63. The van der Waals surface area contributed by atoms with Crippen molar-refractivity contribution < 1.29 is 12.8 Å². The Morgan fingerprint density at radius 2 is 1.85 bits per heavy atom. The fourth-order valence-corrected chi connectivity index (χ4v) is 2.69. The van der Waals surface area contributed by atoms with Crippen molar-refractivity contribution in [2.45, 2.75) is 11.4 Å². The maximum absolute atomic E-state index is 13.6. The highest BCUT2D eigenvalue weighted by Gasteiger charge is 2.14. The third-order valence-electron chi connectivity index (χ3n) is 2.71. The molecule has 20 heavy (non-hydrogen) atoms. The van der Waals surface area contributed by atoms with Crippen LogP contribution in [0.25, 0.3) is 0 Å². The Morgan fingerprint density at radius 1 is 1.15 bits per heavy atom. The number of hydrogen-bond acceptors (Lipinski definition) is 3. The first kappa shape index (κ1) is 14.8. The third kappa shape index (κ3) is 3.27. The van der Waals surface area contributed by atoms with Crippen LogP contribution >= 0.6 is 11.6 Å². The second-order valence-electron chi connectivity index (χ2n) is 4.09. The highest BCUT2D eigenvalue weighted by atomic mass is 35.5. The lowest BCUT2D eigenvalue weighted by Crippen LogP contribution is -2.15. The number of benzene rings is 2. The summed E-state index contributed by atoms with van der Waals surface area (Å²) in [7, 11) is -3.85. The Kier molecular flexibility index (Phi) is 4.27. The molecular weight excluding hydrogens is 303 g/mol. The van der Waals surface area contributed by atoms with Gasteiger partial charge >= 0.3 is 0 Å². The molecule has 7 heteroatoms. The summed E-state index contributed by atoms with van der Waals surface area (Å²) in [5.74, 6) is -0.460. The van der Waals surface area contributed by atoms with Gasteiger partial charge in [-0.3, -0.25) is 0 Å². The SMILES string of the molecule is NS(=O)(=O)c1ccccc1NCc1c(F)cccc1Cl. The number of para-hydroxylation sites is 1. The lowest BCUT2D eigenvalue weighted by Gasteiger charge is -2.12. The summed E-state index contributed by atoms with van der Waals surface area (Å²) < 4.78 is 36.5. The normalized spacial score (nSPS) is 11.3. The van der Waals surface area contributed by atoms with E-state index in [9.17, 15) is 12.8 Å². The van der Waals surface area contributed by atoms with E-state index in [2.05, 4.69) is 5.32 Å². The van der Waals surface area contributed by atoms with E-state index in [0.717, 1.165) is 0 Å². The summed E-state index contributed by atoms with van der Waals surface area (Å²) in [5, 5.41) is 8.22. The van der Waals surface area contributed by atoms with E-state index in [1.54, 1.807) is 24.3 Å². The van der Waals surface area contributed by atoms with Gasteiger partial charge in [-0.15, -0.1) is 0 Å². The molecule has 0 bridgehead atoms. The topological polar surface area (TPSA) is 72.2 Å². The van der Waals surface area contributed by atoms with Gasteiger partial charge in [-0.05, 0) is 24.3 Å². The summed E-state index contributed by atoms with van der Waals surface area (Å²) in [6.45, 7) is 0.0536. The number of hydrogen-bond donors (Lipinski definition) is 2. The molecule has 0 unspecified atom stereocenters. The zero-order valence-corrected chi connectivity index (χ0v) is 11.9. The van der Waals surface area contributed by atoms with Crippen LogP contribution in [0.2, 0.25) is 5.02 Å². The van der Waals surface area contributed by atoms with Gasteiger partial charge in [0.25, 0.3) is 0 Å². The molecule has 2 aromatic rings. The smallest absolute Gasteiger partial charge is 0.240 e. The average Bonchev–Trinajstić information content (AvgIpc) is 2.37. The predicted molar refractivity (Wildman–Crippen MR) is 76.6 cm³/mol. The van der Waals surface area contributed by atoms with Crippen LogP contribution in [0, 0.1) is 5.82 Å². The van der Waals surface area contributed by atoms with Crippen LogP contribution in [0.15, 0.2) is 47.4 Å². The van der Waals surface area contributed by atoms with Gasteiger partial charge in [0.2, 0.25) is 10.0 Å². The number of rotatable bonds is 4. The molecule has 0 spiro atoms. The molecule has 3 N–H and O–H groups in total. The number of sulfonamides is 1. The zero-order chi connectivity index (χ0) is 14.8. The molecule has 0 atom stereocenters. The zero-order valence-electron chi connectivity index (χ0n) is 10.3. The van der Waals surface area contributed by atoms with Gasteiger partial charge in [-0.25, -0.2) is 17.9 Å². The number of halogens is 2. The second kappa shape index (κ2) is 5.78. The Balaban J connectivity index is 2.29. The van der Waals surface area contributed by atoms with Crippen molar-refractivity contribution in [1.29, 1.82) is 0 Å². The van der Waals surface area contributed by atoms with Crippen molar-refractivity contribution >= 4 is 27.3 Å². The van der Waals surface area contributed by atoms with Crippen molar-refractivity contribution in [2.75, 3.05) is 5.32 Å². The first-order chi connectivity index (χ1) is 9.39. The van der Waals surface area contributed by atoms with Crippen LogP contribution in [0.3, 0.4) is 0 Å². The summed E-state index contributed by atoms with van der Waals surface area (Å²) in [4.78, 5) is -0.0486. The maximum Gasteiger partial charge on any atom is 0.240 e. The lowest BCUT2D eigenvalue weighted by atomic mass is 10.2. The van der Waals surface area contributed by atoms with Crippen molar-refractivity contribution in [1.82, 2.24) is 0 Å². The van der Waals surface area contributed by atoms with Gasteiger partial charge in [-0.2, -0.15) is 0 Å². The van der Waals surface area contributed by atoms with Crippen LogP contribution in [0.1, 0.15) is 5.56 Å². The Bertz CT molecular complexity index is 715. The predicted octanol–water partition coefficient (Wildman–Crippen LogP) is 2.74. The largest absolute Gasteiger partial charge is 0.380 e.